The lowest BCUT2D eigenvalue weighted by Crippen LogP contribution is -2.24. The third kappa shape index (κ3) is 9.55. The summed E-state index contributed by atoms with van der Waals surface area (Å²) < 4.78 is 0. The summed E-state index contributed by atoms with van der Waals surface area (Å²) in [5, 5.41) is 0. The van der Waals surface area contributed by atoms with Crippen molar-refractivity contribution in [3.63, 3.8) is 0 Å². The largest absolute Gasteiger partial charge is 0.299 e. The molecule has 0 radical (unpaired) electrons. The highest BCUT2D eigenvalue weighted by atomic mass is 16.1. The van der Waals surface area contributed by atoms with E-state index < -0.39 is 0 Å². The van der Waals surface area contributed by atoms with Gasteiger partial charge in [-0.05, 0) is 19.8 Å². The average Bonchev–Trinajstić information content (AvgIpc) is 2.44. The molecule has 0 aliphatic rings. The van der Waals surface area contributed by atoms with Crippen molar-refractivity contribution in [2.45, 2.75) is 111 Å². The zero-order valence-corrected chi connectivity index (χ0v) is 14.6. The van der Waals surface area contributed by atoms with Crippen LogP contribution in [0.2, 0.25) is 0 Å². The molecule has 0 N–H and O–H groups in total. The first-order chi connectivity index (χ1) is 9.56. The number of rotatable bonds is 14. The fourth-order valence-corrected chi connectivity index (χ4v) is 2.78. The van der Waals surface area contributed by atoms with Crippen LogP contribution in [0.5, 0.6) is 0 Å². The highest BCUT2D eigenvalue weighted by molar-refractivity contribution is 5.81. The Morgan fingerprint density at radius 3 is 1.50 bits per heavy atom. The Balaban J connectivity index is 3.34. The summed E-state index contributed by atoms with van der Waals surface area (Å²) in [4.78, 5) is 11.6. The lowest BCUT2D eigenvalue weighted by atomic mass is 9.79. The molecular formula is C19H38O. The number of ketones is 1. The average molecular weight is 283 g/mol. The van der Waals surface area contributed by atoms with E-state index in [0.717, 1.165) is 12.8 Å². The number of hydrogen-bond donors (Lipinski definition) is 0. The first kappa shape index (κ1) is 19.7. The highest BCUT2D eigenvalue weighted by Gasteiger charge is 2.26. The third-order valence-corrected chi connectivity index (χ3v) is 4.96. The van der Waals surface area contributed by atoms with Gasteiger partial charge in [-0.25, -0.2) is 0 Å². The smallest absolute Gasteiger partial charge is 0.135 e. The van der Waals surface area contributed by atoms with Crippen molar-refractivity contribution in [1.82, 2.24) is 0 Å². The van der Waals surface area contributed by atoms with Crippen LogP contribution in [0.25, 0.3) is 0 Å². The molecule has 0 bridgehead atoms. The van der Waals surface area contributed by atoms with E-state index in [4.69, 9.17) is 0 Å². The summed E-state index contributed by atoms with van der Waals surface area (Å²) in [5.41, 5.74) is -0.0563. The van der Waals surface area contributed by atoms with Crippen molar-refractivity contribution >= 4 is 5.78 Å². The molecule has 1 nitrogen and oxygen atoms in total. The van der Waals surface area contributed by atoms with Crippen LogP contribution in [-0.4, -0.2) is 5.78 Å². The zero-order valence-electron chi connectivity index (χ0n) is 14.6. The van der Waals surface area contributed by atoms with E-state index >= 15 is 0 Å². The summed E-state index contributed by atoms with van der Waals surface area (Å²) in [6, 6.07) is 0. The minimum atomic E-state index is -0.0563. The van der Waals surface area contributed by atoms with Gasteiger partial charge in [0, 0.05) is 5.41 Å². The molecule has 0 saturated carbocycles. The van der Waals surface area contributed by atoms with Crippen LogP contribution in [0.15, 0.2) is 0 Å². The Labute approximate surface area is 127 Å². The summed E-state index contributed by atoms with van der Waals surface area (Å²) in [6.45, 7) is 8.29. The molecule has 0 saturated heterocycles. The van der Waals surface area contributed by atoms with Crippen molar-refractivity contribution in [2.24, 2.45) is 5.41 Å². The molecule has 0 amide bonds. The van der Waals surface area contributed by atoms with E-state index in [1.165, 1.54) is 70.6 Å². The predicted molar refractivity (Wildman–Crippen MR) is 90.2 cm³/mol. The number of Topliss-reactive ketones (excluding diaryl/α,β-unsaturated/α-hetero) is 1. The van der Waals surface area contributed by atoms with Crippen molar-refractivity contribution in [1.29, 1.82) is 0 Å². The summed E-state index contributed by atoms with van der Waals surface area (Å²) in [7, 11) is 0. The molecule has 0 aliphatic heterocycles. The fourth-order valence-electron chi connectivity index (χ4n) is 2.78. The first-order valence-corrected chi connectivity index (χ1v) is 9.08. The zero-order chi connectivity index (χ0) is 15.3. The predicted octanol–water partition coefficient (Wildman–Crippen LogP) is 6.69. The molecule has 0 rings (SSSR count). The summed E-state index contributed by atoms with van der Waals surface area (Å²) in [6.07, 6.45) is 17.2. The maximum Gasteiger partial charge on any atom is 0.135 e. The maximum atomic E-state index is 11.6. The Hall–Kier alpha value is -0.330. The third-order valence-electron chi connectivity index (χ3n) is 4.96. The first-order valence-electron chi connectivity index (χ1n) is 9.08. The minimum Gasteiger partial charge on any atom is -0.299 e. The van der Waals surface area contributed by atoms with Gasteiger partial charge in [-0.15, -0.1) is 0 Å². The van der Waals surface area contributed by atoms with Gasteiger partial charge >= 0.3 is 0 Å². The van der Waals surface area contributed by atoms with Crippen LogP contribution < -0.4 is 0 Å². The van der Waals surface area contributed by atoms with Crippen LogP contribution in [-0.2, 0) is 4.79 Å². The lowest BCUT2D eigenvalue weighted by molar-refractivity contribution is -0.126. The second-order valence-corrected chi connectivity index (χ2v) is 6.76. The van der Waals surface area contributed by atoms with Crippen molar-refractivity contribution in [2.75, 3.05) is 0 Å². The molecule has 1 atom stereocenters. The summed E-state index contributed by atoms with van der Waals surface area (Å²) in [5.74, 6) is 0.368. The van der Waals surface area contributed by atoms with Crippen LogP contribution in [0, 0.1) is 5.41 Å². The molecule has 0 aromatic rings. The van der Waals surface area contributed by atoms with E-state index in [-0.39, 0.29) is 5.41 Å². The van der Waals surface area contributed by atoms with Gasteiger partial charge in [0.05, 0.1) is 0 Å². The minimum absolute atomic E-state index is 0.0563. The second-order valence-electron chi connectivity index (χ2n) is 6.76. The Bertz CT molecular complexity index is 234. The Morgan fingerprint density at radius 2 is 1.15 bits per heavy atom. The van der Waals surface area contributed by atoms with E-state index in [1.807, 2.05) is 0 Å². The Kier molecular flexibility index (Phi) is 12.2. The summed E-state index contributed by atoms with van der Waals surface area (Å²) >= 11 is 0. The van der Waals surface area contributed by atoms with Gasteiger partial charge in [0.25, 0.3) is 0 Å². The molecule has 0 fully saturated rings. The fraction of sp³-hybridized carbons (Fsp3) is 0.947. The number of hydrogen-bond acceptors (Lipinski definition) is 1. The SMILES string of the molecule is CCCCCCCCCCCCCC(C)(CC)C(C)=O. The normalized spacial score (nSPS) is 14.2. The van der Waals surface area contributed by atoms with Gasteiger partial charge in [-0.2, -0.15) is 0 Å². The molecule has 0 aromatic carbocycles. The van der Waals surface area contributed by atoms with Crippen molar-refractivity contribution in [3.8, 4) is 0 Å². The molecule has 20 heavy (non-hydrogen) atoms. The van der Waals surface area contributed by atoms with Gasteiger partial charge in [-0.3, -0.25) is 4.79 Å². The highest BCUT2D eigenvalue weighted by Crippen LogP contribution is 2.29. The standard InChI is InChI=1S/C19H38O/c1-5-7-8-9-10-11-12-13-14-15-16-17-19(4,6-2)18(3)20/h5-17H2,1-4H3. The van der Waals surface area contributed by atoms with E-state index in [0.29, 0.717) is 5.78 Å². The number of carbonyl (C=O) groups is 1. The second kappa shape index (κ2) is 12.4. The van der Waals surface area contributed by atoms with Crippen LogP contribution in [0.3, 0.4) is 0 Å². The molecule has 0 aromatic heterocycles. The van der Waals surface area contributed by atoms with E-state index in [9.17, 15) is 4.79 Å². The van der Waals surface area contributed by atoms with Gasteiger partial charge in [-0.1, -0.05) is 91.4 Å². The van der Waals surface area contributed by atoms with Crippen LogP contribution >= 0.6 is 0 Å². The lowest BCUT2D eigenvalue weighted by Gasteiger charge is -2.24. The van der Waals surface area contributed by atoms with Crippen LogP contribution in [0.4, 0.5) is 0 Å². The van der Waals surface area contributed by atoms with Gasteiger partial charge < -0.3 is 0 Å². The molecule has 0 heterocycles. The molecule has 0 aliphatic carbocycles. The molecular weight excluding hydrogens is 244 g/mol. The quantitative estimate of drug-likeness (QED) is 0.324. The molecule has 120 valence electrons. The number of unbranched alkanes of at least 4 members (excludes halogenated alkanes) is 10. The van der Waals surface area contributed by atoms with Gasteiger partial charge in [0.15, 0.2) is 0 Å². The van der Waals surface area contributed by atoms with E-state index in [2.05, 4.69) is 20.8 Å². The maximum absolute atomic E-state index is 11.6. The molecule has 0 spiro atoms. The van der Waals surface area contributed by atoms with E-state index in [1.54, 1.807) is 6.92 Å². The Morgan fingerprint density at radius 1 is 0.750 bits per heavy atom. The van der Waals surface area contributed by atoms with Crippen LogP contribution in [0.1, 0.15) is 111 Å². The number of carbonyl (C=O) groups excluding carboxylic acids is 1. The topological polar surface area (TPSA) is 17.1 Å². The monoisotopic (exact) mass is 282 g/mol. The van der Waals surface area contributed by atoms with Gasteiger partial charge in [0.2, 0.25) is 0 Å². The molecule has 1 unspecified atom stereocenters. The van der Waals surface area contributed by atoms with Crippen molar-refractivity contribution in [3.05, 3.63) is 0 Å². The molecule has 1 heteroatoms. The van der Waals surface area contributed by atoms with Gasteiger partial charge in [0.1, 0.15) is 5.78 Å². The van der Waals surface area contributed by atoms with Crippen molar-refractivity contribution < 1.29 is 4.79 Å².